The van der Waals surface area contributed by atoms with Crippen molar-refractivity contribution < 1.29 is 4.79 Å². The number of hydrogen-bond acceptors (Lipinski definition) is 3. The van der Waals surface area contributed by atoms with E-state index in [1.54, 1.807) is 0 Å². The van der Waals surface area contributed by atoms with Gasteiger partial charge >= 0.3 is 0 Å². The topological polar surface area (TPSA) is 35.6 Å². The second-order valence-corrected chi connectivity index (χ2v) is 5.80. The van der Waals surface area contributed by atoms with Crippen molar-refractivity contribution in [1.82, 2.24) is 15.1 Å². The van der Waals surface area contributed by atoms with Crippen molar-refractivity contribution >= 4 is 5.91 Å². The molecule has 1 aliphatic heterocycles. The molecule has 4 nitrogen and oxygen atoms in total. The molecule has 20 heavy (non-hydrogen) atoms. The number of nitrogens with one attached hydrogen (secondary N) is 1. The fourth-order valence-corrected chi connectivity index (χ4v) is 2.87. The molecule has 1 aliphatic rings. The highest BCUT2D eigenvalue weighted by Gasteiger charge is 2.25. The number of hydrogen-bond donors (Lipinski definition) is 1. The normalized spacial score (nSPS) is 21.1. The minimum Gasteiger partial charge on any atom is -0.353 e. The fourth-order valence-electron chi connectivity index (χ4n) is 2.87. The van der Waals surface area contributed by atoms with E-state index in [4.69, 9.17) is 0 Å². The largest absolute Gasteiger partial charge is 0.353 e. The van der Waals surface area contributed by atoms with E-state index in [0.29, 0.717) is 6.04 Å². The van der Waals surface area contributed by atoms with Crippen LogP contribution in [0, 0.1) is 0 Å². The third kappa shape index (κ3) is 3.58. The number of carbonyl (C=O) groups is 1. The van der Waals surface area contributed by atoms with Crippen LogP contribution in [0.4, 0.5) is 0 Å². The molecule has 1 amide bonds. The summed E-state index contributed by atoms with van der Waals surface area (Å²) in [6, 6.07) is 10.2. The average molecular weight is 275 g/mol. The molecule has 0 unspecified atom stereocenters. The van der Waals surface area contributed by atoms with Crippen LogP contribution in [0.1, 0.15) is 24.4 Å². The maximum absolute atomic E-state index is 12.5. The highest BCUT2D eigenvalue weighted by Crippen LogP contribution is 2.19. The number of likely N-dealkylation sites (tertiary alicyclic amines) is 1. The van der Waals surface area contributed by atoms with Crippen molar-refractivity contribution in [2.45, 2.75) is 24.9 Å². The molecular formula is C16H25N3O. The summed E-state index contributed by atoms with van der Waals surface area (Å²) in [7, 11) is 6.02. The molecule has 1 aromatic rings. The fraction of sp³-hybridized carbons (Fsp3) is 0.562. The summed E-state index contributed by atoms with van der Waals surface area (Å²) in [5, 5.41) is 3.11. The molecule has 0 saturated carbocycles. The minimum atomic E-state index is -0.220. The first-order valence-electron chi connectivity index (χ1n) is 7.29. The Bertz CT molecular complexity index is 433. The summed E-state index contributed by atoms with van der Waals surface area (Å²) >= 11 is 0. The second-order valence-electron chi connectivity index (χ2n) is 5.80. The Hall–Kier alpha value is -1.39. The van der Waals surface area contributed by atoms with Crippen molar-refractivity contribution in [3.8, 4) is 0 Å². The van der Waals surface area contributed by atoms with Crippen LogP contribution in [0.3, 0.4) is 0 Å². The van der Waals surface area contributed by atoms with Gasteiger partial charge in [-0.25, -0.2) is 0 Å². The van der Waals surface area contributed by atoms with E-state index in [9.17, 15) is 4.79 Å². The molecule has 0 spiro atoms. The van der Waals surface area contributed by atoms with E-state index in [2.05, 4.69) is 17.3 Å². The van der Waals surface area contributed by atoms with E-state index in [1.807, 2.05) is 49.3 Å². The van der Waals surface area contributed by atoms with Gasteiger partial charge in [-0.15, -0.1) is 0 Å². The van der Waals surface area contributed by atoms with Gasteiger partial charge in [-0.1, -0.05) is 30.3 Å². The Balaban J connectivity index is 1.97. The molecule has 1 saturated heterocycles. The van der Waals surface area contributed by atoms with Crippen LogP contribution >= 0.6 is 0 Å². The van der Waals surface area contributed by atoms with Gasteiger partial charge in [-0.05, 0) is 46.1 Å². The predicted octanol–water partition coefficient (Wildman–Crippen LogP) is 1.50. The molecule has 1 aromatic carbocycles. The Labute approximate surface area is 121 Å². The zero-order valence-electron chi connectivity index (χ0n) is 12.7. The first kappa shape index (κ1) is 15.0. The van der Waals surface area contributed by atoms with Crippen LogP contribution in [-0.4, -0.2) is 56.0 Å². The molecule has 0 aliphatic carbocycles. The lowest BCUT2D eigenvalue weighted by Crippen LogP contribution is -2.43. The Morgan fingerprint density at radius 3 is 2.65 bits per heavy atom. The zero-order valence-corrected chi connectivity index (χ0v) is 12.7. The average Bonchev–Trinajstić information content (AvgIpc) is 2.83. The van der Waals surface area contributed by atoms with Gasteiger partial charge in [0.25, 0.3) is 0 Å². The molecule has 0 bridgehead atoms. The molecule has 1 heterocycles. The van der Waals surface area contributed by atoms with Crippen LogP contribution in [0.2, 0.25) is 0 Å². The lowest BCUT2D eigenvalue weighted by Gasteiger charge is -2.26. The number of likely N-dealkylation sites (N-methyl/N-ethyl adjacent to an activating group) is 2. The highest BCUT2D eigenvalue weighted by atomic mass is 16.2. The van der Waals surface area contributed by atoms with E-state index in [0.717, 1.165) is 18.7 Å². The molecular weight excluding hydrogens is 250 g/mol. The zero-order chi connectivity index (χ0) is 14.5. The number of nitrogens with zero attached hydrogens (tertiary/aromatic N) is 2. The van der Waals surface area contributed by atoms with Crippen molar-refractivity contribution in [2.24, 2.45) is 0 Å². The standard InChI is InChI=1S/C16H25N3O/c1-18(2)15(13-8-5-4-6-9-13)16(20)17-12-14-10-7-11-19(14)3/h4-6,8-9,14-15H,7,10-12H2,1-3H3,(H,17,20)/t14-,15-/m1/s1. The lowest BCUT2D eigenvalue weighted by atomic mass is 10.1. The molecule has 2 rings (SSSR count). The van der Waals surface area contributed by atoms with E-state index in [1.165, 1.54) is 12.8 Å². The maximum Gasteiger partial charge on any atom is 0.241 e. The molecule has 4 heteroatoms. The second kappa shape index (κ2) is 6.86. The molecule has 110 valence electrons. The van der Waals surface area contributed by atoms with Crippen molar-refractivity contribution in [2.75, 3.05) is 34.2 Å². The summed E-state index contributed by atoms with van der Waals surface area (Å²) in [6.07, 6.45) is 2.40. The molecule has 2 atom stereocenters. The summed E-state index contributed by atoms with van der Waals surface area (Å²) in [5.74, 6) is 0.0847. The molecule has 0 radical (unpaired) electrons. The van der Waals surface area contributed by atoms with Crippen LogP contribution in [0.25, 0.3) is 0 Å². The van der Waals surface area contributed by atoms with Gasteiger partial charge in [0.15, 0.2) is 0 Å². The highest BCUT2D eigenvalue weighted by molar-refractivity contribution is 5.83. The third-order valence-electron chi connectivity index (χ3n) is 4.06. The summed E-state index contributed by atoms with van der Waals surface area (Å²) in [6.45, 7) is 1.88. The Morgan fingerprint density at radius 2 is 2.10 bits per heavy atom. The number of carbonyl (C=O) groups excluding carboxylic acids is 1. The van der Waals surface area contributed by atoms with E-state index < -0.39 is 0 Å². The number of rotatable bonds is 5. The van der Waals surface area contributed by atoms with Crippen molar-refractivity contribution in [1.29, 1.82) is 0 Å². The van der Waals surface area contributed by atoms with Gasteiger partial charge in [0.1, 0.15) is 6.04 Å². The van der Waals surface area contributed by atoms with Crippen LogP contribution in [0.15, 0.2) is 30.3 Å². The van der Waals surface area contributed by atoms with Crippen molar-refractivity contribution in [3.63, 3.8) is 0 Å². The van der Waals surface area contributed by atoms with Gasteiger partial charge in [0.2, 0.25) is 5.91 Å². The number of amides is 1. The van der Waals surface area contributed by atoms with Gasteiger partial charge in [0, 0.05) is 12.6 Å². The summed E-state index contributed by atoms with van der Waals surface area (Å²) < 4.78 is 0. The summed E-state index contributed by atoms with van der Waals surface area (Å²) in [4.78, 5) is 16.8. The minimum absolute atomic E-state index is 0.0847. The smallest absolute Gasteiger partial charge is 0.241 e. The molecule has 1 fully saturated rings. The first-order valence-corrected chi connectivity index (χ1v) is 7.29. The maximum atomic E-state index is 12.5. The van der Waals surface area contributed by atoms with Gasteiger partial charge in [-0.2, -0.15) is 0 Å². The Kier molecular flexibility index (Phi) is 5.15. The van der Waals surface area contributed by atoms with E-state index in [-0.39, 0.29) is 11.9 Å². The van der Waals surface area contributed by atoms with Crippen molar-refractivity contribution in [3.05, 3.63) is 35.9 Å². The quantitative estimate of drug-likeness (QED) is 0.884. The molecule has 0 aromatic heterocycles. The van der Waals surface area contributed by atoms with Gasteiger partial charge < -0.3 is 10.2 Å². The summed E-state index contributed by atoms with van der Waals surface area (Å²) in [5.41, 5.74) is 1.04. The third-order valence-corrected chi connectivity index (χ3v) is 4.06. The van der Waals surface area contributed by atoms with Crippen LogP contribution in [0.5, 0.6) is 0 Å². The van der Waals surface area contributed by atoms with Gasteiger partial charge in [-0.3, -0.25) is 9.69 Å². The van der Waals surface area contributed by atoms with Crippen LogP contribution < -0.4 is 5.32 Å². The Morgan fingerprint density at radius 1 is 1.40 bits per heavy atom. The predicted molar refractivity (Wildman–Crippen MR) is 81.5 cm³/mol. The number of benzene rings is 1. The first-order chi connectivity index (χ1) is 9.59. The monoisotopic (exact) mass is 275 g/mol. The van der Waals surface area contributed by atoms with E-state index >= 15 is 0 Å². The molecule has 1 N–H and O–H groups in total. The van der Waals surface area contributed by atoms with Crippen LogP contribution in [-0.2, 0) is 4.79 Å². The lowest BCUT2D eigenvalue weighted by molar-refractivity contribution is -0.126. The SMILES string of the molecule is CN(C)[C@@H](C(=O)NC[C@H]1CCCN1C)c1ccccc1. The van der Waals surface area contributed by atoms with Gasteiger partial charge in [0.05, 0.1) is 0 Å².